The van der Waals surface area contributed by atoms with E-state index in [0.29, 0.717) is 5.69 Å². The zero-order valence-corrected chi connectivity index (χ0v) is 10.7. The van der Waals surface area contributed by atoms with E-state index in [-0.39, 0.29) is 11.9 Å². The molecule has 0 saturated carbocycles. The molecule has 2 rings (SSSR count). The van der Waals surface area contributed by atoms with Crippen molar-refractivity contribution in [2.24, 2.45) is 0 Å². The maximum Gasteiger partial charge on any atom is 0.244 e. The van der Waals surface area contributed by atoms with Gasteiger partial charge in [0.2, 0.25) is 5.91 Å². The molecule has 98 valence electrons. The Morgan fingerprint density at radius 3 is 2.68 bits per heavy atom. The summed E-state index contributed by atoms with van der Waals surface area (Å²) in [6.45, 7) is 1.87. The van der Waals surface area contributed by atoms with Gasteiger partial charge in [-0.15, -0.1) is 0 Å². The molecule has 1 aromatic heterocycles. The lowest BCUT2D eigenvalue weighted by molar-refractivity contribution is -0.117. The summed E-state index contributed by atoms with van der Waals surface area (Å²) in [6, 6.07) is 10.8. The Kier molecular flexibility index (Phi) is 4.03. The van der Waals surface area contributed by atoms with Gasteiger partial charge < -0.3 is 15.5 Å². The van der Waals surface area contributed by atoms with E-state index in [0.717, 1.165) is 11.3 Å². The van der Waals surface area contributed by atoms with Gasteiger partial charge in [-0.25, -0.2) is 0 Å². The molecule has 3 N–H and O–H groups in total. The average Bonchev–Trinajstić information content (AvgIpc) is 2.92. The first-order valence-electron chi connectivity index (χ1n) is 6.02. The molecule has 4 heteroatoms. The van der Waals surface area contributed by atoms with Gasteiger partial charge in [0, 0.05) is 11.8 Å². The van der Waals surface area contributed by atoms with Gasteiger partial charge >= 0.3 is 0 Å². The third-order valence-corrected chi connectivity index (χ3v) is 2.69. The molecule has 0 spiro atoms. The molecule has 1 amide bonds. The molecular weight excluding hydrogens is 240 g/mol. The minimum Gasteiger partial charge on any atom is -0.467 e. The molecule has 1 aromatic carbocycles. The van der Waals surface area contributed by atoms with Crippen LogP contribution in [-0.4, -0.2) is 5.91 Å². The van der Waals surface area contributed by atoms with Gasteiger partial charge in [-0.3, -0.25) is 4.79 Å². The number of furan rings is 1. The quantitative estimate of drug-likeness (QED) is 0.653. The van der Waals surface area contributed by atoms with E-state index >= 15 is 0 Å². The highest BCUT2D eigenvalue weighted by Crippen LogP contribution is 2.12. The predicted molar refractivity (Wildman–Crippen MR) is 75.2 cm³/mol. The molecule has 1 atom stereocenters. The third kappa shape index (κ3) is 3.74. The van der Waals surface area contributed by atoms with Crippen LogP contribution in [-0.2, 0) is 4.79 Å². The van der Waals surface area contributed by atoms with Crippen LogP contribution in [0.15, 0.2) is 53.2 Å². The van der Waals surface area contributed by atoms with Crippen molar-refractivity contribution in [2.45, 2.75) is 13.0 Å². The van der Waals surface area contributed by atoms with Crippen molar-refractivity contribution < 1.29 is 9.21 Å². The molecule has 0 unspecified atom stereocenters. The van der Waals surface area contributed by atoms with Crippen molar-refractivity contribution in [3.8, 4) is 0 Å². The molecule has 19 heavy (non-hydrogen) atoms. The summed E-state index contributed by atoms with van der Waals surface area (Å²) in [5.41, 5.74) is 7.22. The fraction of sp³-hybridized carbons (Fsp3) is 0.133. The van der Waals surface area contributed by atoms with Crippen LogP contribution < -0.4 is 11.1 Å². The first kappa shape index (κ1) is 13.0. The van der Waals surface area contributed by atoms with Crippen LogP contribution in [0.2, 0.25) is 0 Å². The second kappa shape index (κ2) is 5.91. The van der Waals surface area contributed by atoms with Crippen LogP contribution in [0.25, 0.3) is 6.08 Å². The van der Waals surface area contributed by atoms with Crippen molar-refractivity contribution in [1.82, 2.24) is 5.32 Å². The lowest BCUT2D eigenvalue weighted by Crippen LogP contribution is -2.24. The average molecular weight is 256 g/mol. The van der Waals surface area contributed by atoms with Crippen LogP contribution in [0.5, 0.6) is 0 Å². The monoisotopic (exact) mass is 256 g/mol. The van der Waals surface area contributed by atoms with Gasteiger partial charge in [0.1, 0.15) is 5.76 Å². The van der Waals surface area contributed by atoms with Crippen molar-refractivity contribution in [1.29, 1.82) is 0 Å². The lowest BCUT2D eigenvalue weighted by atomic mass is 10.2. The smallest absolute Gasteiger partial charge is 0.244 e. The van der Waals surface area contributed by atoms with E-state index in [2.05, 4.69) is 5.32 Å². The van der Waals surface area contributed by atoms with Crippen molar-refractivity contribution >= 4 is 17.7 Å². The van der Waals surface area contributed by atoms with E-state index in [9.17, 15) is 4.79 Å². The maximum atomic E-state index is 11.7. The molecule has 0 aliphatic heterocycles. The van der Waals surface area contributed by atoms with Crippen LogP contribution in [0.3, 0.4) is 0 Å². The van der Waals surface area contributed by atoms with Crippen LogP contribution in [0.1, 0.15) is 24.3 Å². The fourth-order valence-electron chi connectivity index (χ4n) is 1.65. The largest absolute Gasteiger partial charge is 0.467 e. The molecule has 2 aromatic rings. The van der Waals surface area contributed by atoms with E-state index in [1.54, 1.807) is 30.5 Å². The van der Waals surface area contributed by atoms with Gasteiger partial charge in [-0.05, 0) is 42.8 Å². The minimum absolute atomic E-state index is 0.154. The maximum absolute atomic E-state index is 11.7. The predicted octanol–water partition coefficient (Wildman–Crippen LogP) is 2.75. The normalized spacial score (nSPS) is 12.5. The first-order chi connectivity index (χ1) is 9.15. The van der Waals surface area contributed by atoms with Gasteiger partial charge in [0.15, 0.2) is 0 Å². The van der Waals surface area contributed by atoms with E-state index < -0.39 is 0 Å². The summed E-state index contributed by atoms with van der Waals surface area (Å²) in [6.07, 6.45) is 4.82. The highest BCUT2D eigenvalue weighted by Gasteiger charge is 2.09. The Hall–Kier alpha value is -2.49. The first-order valence-corrected chi connectivity index (χ1v) is 6.02. The number of hydrogen-bond donors (Lipinski definition) is 2. The number of nitrogen functional groups attached to an aromatic ring is 1. The Morgan fingerprint density at radius 1 is 1.32 bits per heavy atom. The second-order valence-electron chi connectivity index (χ2n) is 4.25. The van der Waals surface area contributed by atoms with Gasteiger partial charge in [0.05, 0.1) is 12.3 Å². The fourth-order valence-corrected chi connectivity index (χ4v) is 1.65. The van der Waals surface area contributed by atoms with Crippen LogP contribution >= 0.6 is 0 Å². The van der Waals surface area contributed by atoms with Crippen molar-refractivity contribution in [2.75, 3.05) is 5.73 Å². The Balaban J connectivity index is 1.92. The zero-order valence-electron chi connectivity index (χ0n) is 10.7. The van der Waals surface area contributed by atoms with Gasteiger partial charge in [-0.1, -0.05) is 12.1 Å². The number of carbonyl (C=O) groups is 1. The van der Waals surface area contributed by atoms with Crippen LogP contribution in [0.4, 0.5) is 5.69 Å². The summed E-state index contributed by atoms with van der Waals surface area (Å²) in [4.78, 5) is 11.7. The highest BCUT2D eigenvalue weighted by atomic mass is 16.3. The minimum atomic E-state index is -0.166. The molecule has 1 heterocycles. The number of anilines is 1. The van der Waals surface area contributed by atoms with E-state index in [4.69, 9.17) is 10.2 Å². The van der Waals surface area contributed by atoms with Gasteiger partial charge in [0.25, 0.3) is 0 Å². The lowest BCUT2D eigenvalue weighted by Gasteiger charge is -2.08. The second-order valence-corrected chi connectivity index (χ2v) is 4.25. The standard InChI is InChI=1S/C15H16N2O2/c1-11(14-3-2-10-19-14)17-15(18)9-6-12-4-7-13(16)8-5-12/h2-11H,16H2,1H3,(H,17,18)/b9-6+/t11-/m0/s1. The number of nitrogens with one attached hydrogen (secondary N) is 1. The summed E-state index contributed by atoms with van der Waals surface area (Å²) >= 11 is 0. The molecular formula is C15H16N2O2. The van der Waals surface area contributed by atoms with E-state index in [1.807, 2.05) is 25.1 Å². The van der Waals surface area contributed by atoms with Gasteiger partial charge in [-0.2, -0.15) is 0 Å². The SMILES string of the molecule is C[C@H](NC(=O)/C=C/c1ccc(N)cc1)c1ccco1. The molecule has 0 aliphatic carbocycles. The molecule has 0 aliphatic rings. The Bertz CT molecular complexity index is 556. The molecule has 0 fully saturated rings. The number of nitrogens with two attached hydrogens (primary N) is 1. The third-order valence-electron chi connectivity index (χ3n) is 2.69. The summed E-state index contributed by atoms with van der Waals surface area (Å²) in [7, 11) is 0. The molecule has 4 nitrogen and oxygen atoms in total. The van der Waals surface area contributed by atoms with Crippen molar-refractivity contribution in [3.05, 3.63) is 60.1 Å². The summed E-state index contributed by atoms with van der Waals surface area (Å²) < 4.78 is 5.22. The zero-order chi connectivity index (χ0) is 13.7. The molecule has 0 radical (unpaired) electrons. The Labute approximate surface area is 111 Å². The topological polar surface area (TPSA) is 68.3 Å². The van der Waals surface area contributed by atoms with Crippen LogP contribution in [0, 0.1) is 0 Å². The summed E-state index contributed by atoms with van der Waals surface area (Å²) in [5, 5.41) is 2.82. The molecule has 0 saturated heterocycles. The number of carbonyl (C=O) groups excluding carboxylic acids is 1. The number of amides is 1. The highest BCUT2D eigenvalue weighted by molar-refractivity contribution is 5.91. The number of benzene rings is 1. The number of rotatable bonds is 4. The van der Waals surface area contributed by atoms with E-state index in [1.165, 1.54) is 6.08 Å². The Morgan fingerprint density at radius 2 is 2.05 bits per heavy atom. The molecule has 0 bridgehead atoms. The summed E-state index contributed by atoms with van der Waals surface area (Å²) in [5.74, 6) is 0.565. The van der Waals surface area contributed by atoms with Crippen molar-refractivity contribution in [3.63, 3.8) is 0 Å². The number of hydrogen-bond acceptors (Lipinski definition) is 3.